The van der Waals surface area contributed by atoms with Crippen molar-refractivity contribution in [1.82, 2.24) is 9.97 Å². The Kier molecular flexibility index (Phi) is 4.34. The topological polar surface area (TPSA) is 37.9 Å². The van der Waals surface area contributed by atoms with Gasteiger partial charge in [0.05, 0.1) is 30.9 Å². The van der Waals surface area contributed by atoms with Crippen LogP contribution >= 0.6 is 11.6 Å². The Bertz CT molecular complexity index is 692. The van der Waals surface area contributed by atoms with Crippen molar-refractivity contribution >= 4 is 11.6 Å². The van der Waals surface area contributed by atoms with Gasteiger partial charge >= 0.3 is 0 Å². The lowest BCUT2D eigenvalue weighted by molar-refractivity contribution is 0.105. The van der Waals surface area contributed by atoms with Crippen molar-refractivity contribution in [3.63, 3.8) is 0 Å². The van der Waals surface area contributed by atoms with Gasteiger partial charge in [0.15, 0.2) is 0 Å². The van der Waals surface area contributed by atoms with E-state index in [-0.39, 0.29) is 0 Å². The fourth-order valence-electron chi connectivity index (χ4n) is 2.13. The summed E-state index contributed by atoms with van der Waals surface area (Å²) in [6.07, 6.45) is 1.69. The minimum Gasteiger partial charge on any atom is -0.370 e. The molecule has 1 N–H and O–H groups in total. The summed E-state index contributed by atoms with van der Waals surface area (Å²) in [5, 5.41) is 0.719. The number of aromatic nitrogens is 2. The lowest BCUT2D eigenvalue weighted by Crippen LogP contribution is -1.96. The predicted octanol–water partition coefficient (Wildman–Crippen LogP) is 4.45. The first-order valence-electron chi connectivity index (χ1n) is 6.73. The van der Waals surface area contributed by atoms with Crippen molar-refractivity contribution in [2.24, 2.45) is 0 Å². The van der Waals surface area contributed by atoms with Crippen LogP contribution in [-0.2, 0) is 18.0 Å². The van der Waals surface area contributed by atoms with Crippen LogP contribution in [0.25, 0.3) is 11.3 Å². The number of rotatable bonds is 5. The molecular formula is C17H15ClN2O. The molecule has 0 saturated carbocycles. The van der Waals surface area contributed by atoms with Gasteiger partial charge in [-0.25, -0.2) is 4.98 Å². The third-order valence-electron chi connectivity index (χ3n) is 3.19. The summed E-state index contributed by atoms with van der Waals surface area (Å²) >= 11 is 5.91. The molecule has 0 fully saturated rings. The van der Waals surface area contributed by atoms with Gasteiger partial charge < -0.3 is 9.72 Å². The summed E-state index contributed by atoms with van der Waals surface area (Å²) in [6.45, 7) is 1.08. The first-order valence-corrected chi connectivity index (χ1v) is 7.10. The SMILES string of the molecule is Clc1ccc(-c2nc[nH]c2COCc2ccccc2)cc1. The third kappa shape index (κ3) is 3.51. The van der Waals surface area contributed by atoms with Crippen LogP contribution in [0.3, 0.4) is 0 Å². The lowest BCUT2D eigenvalue weighted by Gasteiger charge is -2.05. The van der Waals surface area contributed by atoms with Gasteiger partial charge in [-0.2, -0.15) is 0 Å². The number of aromatic amines is 1. The van der Waals surface area contributed by atoms with Crippen molar-refractivity contribution < 1.29 is 4.74 Å². The highest BCUT2D eigenvalue weighted by Gasteiger charge is 2.08. The summed E-state index contributed by atoms with van der Waals surface area (Å²) in [6, 6.07) is 17.7. The van der Waals surface area contributed by atoms with Gasteiger partial charge in [-0.3, -0.25) is 0 Å². The van der Waals surface area contributed by atoms with Crippen LogP contribution in [0.5, 0.6) is 0 Å². The van der Waals surface area contributed by atoms with Gasteiger partial charge in [0.25, 0.3) is 0 Å². The molecule has 0 spiro atoms. The number of H-pyrrole nitrogens is 1. The Morgan fingerprint density at radius 2 is 1.71 bits per heavy atom. The Hall–Kier alpha value is -2.10. The van der Waals surface area contributed by atoms with Crippen molar-refractivity contribution in [3.05, 3.63) is 77.2 Å². The Labute approximate surface area is 128 Å². The highest BCUT2D eigenvalue weighted by Crippen LogP contribution is 2.23. The van der Waals surface area contributed by atoms with Crippen LogP contribution in [0.1, 0.15) is 11.3 Å². The predicted molar refractivity (Wildman–Crippen MR) is 84.0 cm³/mol. The Morgan fingerprint density at radius 1 is 0.952 bits per heavy atom. The molecule has 0 aliphatic rings. The molecule has 1 heterocycles. The number of hydrogen-bond donors (Lipinski definition) is 1. The number of nitrogens with one attached hydrogen (secondary N) is 1. The van der Waals surface area contributed by atoms with Gasteiger partial charge in [-0.05, 0) is 17.7 Å². The van der Waals surface area contributed by atoms with E-state index < -0.39 is 0 Å². The van der Waals surface area contributed by atoms with E-state index in [1.165, 1.54) is 0 Å². The monoisotopic (exact) mass is 298 g/mol. The molecule has 0 amide bonds. The van der Waals surface area contributed by atoms with Gasteiger partial charge in [-0.1, -0.05) is 54.1 Å². The molecule has 0 atom stereocenters. The summed E-state index contributed by atoms with van der Waals surface area (Å²) in [5.74, 6) is 0. The molecular weight excluding hydrogens is 284 g/mol. The number of benzene rings is 2. The molecule has 0 radical (unpaired) electrons. The maximum absolute atomic E-state index is 5.91. The van der Waals surface area contributed by atoms with E-state index in [2.05, 4.69) is 9.97 Å². The van der Waals surface area contributed by atoms with Gasteiger partial charge in [0, 0.05) is 10.6 Å². The summed E-state index contributed by atoms with van der Waals surface area (Å²) < 4.78 is 5.75. The molecule has 21 heavy (non-hydrogen) atoms. The maximum atomic E-state index is 5.91. The van der Waals surface area contributed by atoms with Crippen LogP contribution in [0.2, 0.25) is 5.02 Å². The van der Waals surface area contributed by atoms with E-state index in [1.54, 1.807) is 6.33 Å². The number of hydrogen-bond acceptors (Lipinski definition) is 2. The number of nitrogens with zero attached hydrogens (tertiary/aromatic N) is 1. The second-order valence-electron chi connectivity index (χ2n) is 4.71. The zero-order valence-corrected chi connectivity index (χ0v) is 12.2. The van der Waals surface area contributed by atoms with E-state index in [4.69, 9.17) is 16.3 Å². The van der Waals surface area contributed by atoms with Gasteiger partial charge in [-0.15, -0.1) is 0 Å². The summed E-state index contributed by atoms with van der Waals surface area (Å²) in [4.78, 5) is 7.50. The highest BCUT2D eigenvalue weighted by molar-refractivity contribution is 6.30. The smallest absolute Gasteiger partial charge is 0.0936 e. The largest absolute Gasteiger partial charge is 0.370 e. The Balaban J connectivity index is 1.67. The van der Waals surface area contributed by atoms with Crippen molar-refractivity contribution in [3.8, 4) is 11.3 Å². The third-order valence-corrected chi connectivity index (χ3v) is 3.45. The minimum atomic E-state index is 0.493. The zero-order chi connectivity index (χ0) is 14.5. The summed E-state index contributed by atoms with van der Waals surface area (Å²) in [7, 11) is 0. The number of halogens is 1. The molecule has 0 bridgehead atoms. The van der Waals surface area contributed by atoms with Crippen molar-refractivity contribution in [1.29, 1.82) is 0 Å². The van der Waals surface area contributed by atoms with Crippen molar-refractivity contribution in [2.75, 3.05) is 0 Å². The maximum Gasteiger partial charge on any atom is 0.0936 e. The average molecular weight is 299 g/mol. The molecule has 0 unspecified atom stereocenters. The summed E-state index contributed by atoms with van der Waals surface area (Å²) in [5.41, 5.74) is 4.05. The van der Waals surface area contributed by atoms with Crippen molar-refractivity contribution in [2.45, 2.75) is 13.2 Å². The molecule has 3 rings (SSSR count). The molecule has 3 aromatic rings. The molecule has 3 nitrogen and oxygen atoms in total. The Morgan fingerprint density at radius 3 is 2.48 bits per heavy atom. The minimum absolute atomic E-state index is 0.493. The molecule has 0 aliphatic carbocycles. The van der Waals surface area contributed by atoms with E-state index in [1.807, 2.05) is 54.6 Å². The zero-order valence-electron chi connectivity index (χ0n) is 11.4. The van der Waals surface area contributed by atoms with E-state index in [0.717, 1.165) is 27.5 Å². The molecule has 1 aromatic heterocycles. The quantitative estimate of drug-likeness (QED) is 0.756. The normalized spacial score (nSPS) is 10.7. The van der Waals surface area contributed by atoms with Crippen LogP contribution in [0.4, 0.5) is 0 Å². The van der Waals surface area contributed by atoms with Gasteiger partial charge in [0.2, 0.25) is 0 Å². The molecule has 4 heteroatoms. The van der Waals surface area contributed by atoms with E-state index in [9.17, 15) is 0 Å². The highest BCUT2D eigenvalue weighted by atomic mass is 35.5. The standard InChI is InChI=1S/C17H15ClN2O/c18-15-8-6-14(7-9-15)17-16(19-12-20-17)11-21-10-13-4-2-1-3-5-13/h1-9,12H,10-11H2,(H,19,20). The molecule has 2 aromatic carbocycles. The molecule has 0 aliphatic heterocycles. The van der Waals surface area contributed by atoms with E-state index in [0.29, 0.717) is 13.2 Å². The number of imidazole rings is 1. The second-order valence-corrected chi connectivity index (χ2v) is 5.15. The van der Waals surface area contributed by atoms with Crippen LogP contribution in [-0.4, -0.2) is 9.97 Å². The number of ether oxygens (including phenoxy) is 1. The lowest BCUT2D eigenvalue weighted by atomic mass is 10.1. The van der Waals surface area contributed by atoms with Crippen LogP contribution in [0, 0.1) is 0 Å². The second kappa shape index (κ2) is 6.57. The van der Waals surface area contributed by atoms with E-state index >= 15 is 0 Å². The molecule has 0 saturated heterocycles. The fourth-order valence-corrected chi connectivity index (χ4v) is 2.26. The van der Waals surface area contributed by atoms with Gasteiger partial charge in [0.1, 0.15) is 0 Å². The molecule has 106 valence electrons. The fraction of sp³-hybridized carbons (Fsp3) is 0.118. The van der Waals surface area contributed by atoms with Crippen LogP contribution < -0.4 is 0 Å². The average Bonchev–Trinajstić information content (AvgIpc) is 2.98. The van der Waals surface area contributed by atoms with Crippen LogP contribution in [0.15, 0.2) is 60.9 Å². The first-order chi connectivity index (χ1) is 10.3. The first kappa shape index (κ1) is 13.9.